The molecule has 1 heterocycles. The quantitative estimate of drug-likeness (QED) is 0.784. The molecule has 0 bridgehead atoms. The van der Waals surface area contributed by atoms with Gasteiger partial charge in [-0.05, 0) is 55.3 Å². The van der Waals surface area contributed by atoms with E-state index in [1.165, 1.54) is 0 Å². The van der Waals surface area contributed by atoms with Crippen molar-refractivity contribution in [1.29, 1.82) is 5.26 Å². The minimum atomic E-state index is -0.0771. The Balaban J connectivity index is 1.72. The fraction of sp³-hybridized carbons (Fsp3) is 0.333. The summed E-state index contributed by atoms with van der Waals surface area (Å²) in [6, 6.07) is 14.3. The molecule has 140 valence electrons. The van der Waals surface area contributed by atoms with Crippen LogP contribution in [0.15, 0.2) is 42.5 Å². The lowest BCUT2D eigenvalue weighted by Crippen LogP contribution is -2.34. The van der Waals surface area contributed by atoms with Gasteiger partial charge < -0.3 is 19.1 Å². The van der Waals surface area contributed by atoms with Gasteiger partial charge in [0.25, 0.3) is 5.91 Å². The van der Waals surface area contributed by atoms with Crippen LogP contribution in [0.3, 0.4) is 0 Å². The van der Waals surface area contributed by atoms with Gasteiger partial charge in [0.1, 0.15) is 17.2 Å². The lowest BCUT2D eigenvalue weighted by Gasteiger charge is -2.26. The third-order valence-corrected chi connectivity index (χ3v) is 4.71. The van der Waals surface area contributed by atoms with Gasteiger partial charge in [-0.2, -0.15) is 5.26 Å². The van der Waals surface area contributed by atoms with Crippen LogP contribution in [0.2, 0.25) is 0 Å². The fourth-order valence-corrected chi connectivity index (χ4v) is 3.34. The van der Waals surface area contributed by atoms with Crippen LogP contribution in [0.25, 0.3) is 0 Å². The van der Waals surface area contributed by atoms with Crippen LogP contribution in [-0.2, 0) is 4.79 Å². The lowest BCUT2D eigenvalue weighted by molar-refractivity contribution is -0.134. The zero-order chi connectivity index (χ0) is 19.2. The Hall–Kier alpha value is -3.20. The molecule has 6 heteroatoms. The van der Waals surface area contributed by atoms with E-state index in [2.05, 4.69) is 6.07 Å². The van der Waals surface area contributed by atoms with Gasteiger partial charge in [-0.25, -0.2) is 0 Å². The molecule has 2 aromatic rings. The molecule has 0 N–H and O–H groups in total. The first-order chi connectivity index (χ1) is 13.2. The maximum absolute atomic E-state index is 12.8. The number of nitrogens with zero attached hydrogens (tertiary/aromatic N) is 2. The number of amides is 1. The van der Waals surface area contributed by atoms with E-state index in [1.807, 2.05) is 23.1 Å². The summed E-state index contributed by atoms with van der Waals surface area (Å²) in [6.45, 7) is 0.634. The van der Waals surface area contributed by atoms with Crippen LogP contribution in [-0.4, -0.2) is 38.2 Å². The number of likely N-dealkylation sites (tertiary alicyclic amines) is 1. The molecule has 0 saturated carbocycles. The minimum absolute atomic E-state index is 0.0469. The maximum atomic E-state index is 12.8. The molecule has 6 nitrogen and oxygen atoms in total. The Morgan fingerprint density at radius 1 is 1.15 bits per heavy atom. The zero-order valence-electron chi connectivity index (χ0n) is 15.5. The first-order valence-corrected chi connectivity index (χ1v) is 8.80. The van der Waals surface area contributed by atoms with Crippen molar-refractivity contribution < 1.29 is 19.0 Å². The first kappa shape index (κ1) is 18.6. The molecular weight excluding hydrogens is 344 g/mol. The van der Waals surface area contributed by atoms with Crippen molar-refractivity contribution >= 4 is 5.91 Å². The summed E-state index contributed by atoms with van der Waals surface area (Å²) >= 11 is 0. The third-order valence-electron chi connectivity index (χ3n) is 4.71. The standard InChI is InChI=1S/C21H22N2O4/c1-25-17-9-10-20(26-2)18(12-17)19-4-3-11-23(19)21(24)14-27-16-7-5-15(13-22)6-8-16/h5-10,12,19H,3-4,11,14H2,1-2H3. The average Bonchev–Trinajstić information content (AvgIpc) is 3.21. The lowest BCUT2D eigenvalue weighted by atomic mass is 10.0. The SMILES string of the molecule is COc1ccc(OC)c(C2CCCN2C(=O)COc2ccc(C#N)cc2)c1. The summed E-state index contributed by atoms with van der Waals surface area (Å²) in [4.78, 5) is 14.6. The molecule has 1 aliphatic rings. The molecule has 27 heavy (non-hydrogen) atoms. The van der Waals surface area contributed by atoms with Crippen LogP contribution in [0.5, 0.6) is 17.2 Å². The van der Waals surface area contributed by atoms with E-state index in [0.717, 1.165) is 29.9 Å². The predicted molar refractivity (Wildman–Crippen MR) is 99.9 cm³/mol. The van der Waals surface area contributed by atoms with E-state index >= 15 is 0 Å². The highest BCUT2D eigenvalue weighted by Crippen LogP contribution is 2.38. The van der Waals surface area contributed by atoms with Crippen molar-refractivity contribution in [2.24, 2.45) is 0 Å². The zero-order valence-corrected chi connectivity index (χ0v) is 15.5. The molecule has 2 aromatic carbocycles. The molecule has 1 aliphatic heterocycles. The number of hydrogen-bond donors (Lipinski definition) is 0. The third kappa shape index (κ3) is 4.14. The van der Waals surface area contributed by atoms with E-state index in [1.54, 1.807) is 38.5 Å². The van der Waals surface area contributed by atoms with Gasteiger partial charge in [0.15, 0.2) is 6.61 Å². The second kappa shape index (κ2) is 8.45. The van der Waals surface area contributed by atoms with E-state index < -0.39 is 0 Å². The van der Waals surface area contributed by atoms with Gasteiger partial charge >= 0.3 is 0 Å². The average molecular weight is 366 g/mol. The number of carbonyl (C=O) groups is 1. The predicted octanol–water partition coefficient (Wildman–Crippen LogP) is 3.32. The number of rotatable bonds is 6. The molecular formula is C21H22N2O4. The summed E-state index contributed by atoms with van der Waals surface area (Å²) < 4.78 is 16.4. The number of hydrogen-bond acceptors (Lipinski definition) is 5. The summed E-state index contributed by atoms with van der Waals surface area (Å²) in [6.07, 6.45) is 1.79. The number of ether oxygens (including phenoxy) is 3. The monoisotopic (exact) mass is 366 g/mol. The highest BCUT2D eigenvalue weighted by Gasteiger charge is 2.32. The Labute approximate surface area is 158 Å². The molecule has 0 aliphatic carbocycles. The summed E-state index contributed by atoms with van der Waals surface area (Å²) in [5, 5.41) is 8.84. The molecule has 1 unspecified atom stereocenters. The van der Waals surface area contributed by atoms with Gasteiger partial charge in [0, 0.05) is 12.1 Å². The molecule has 1 atom stereocenters. The van der Waals surface area contributed by atoms with Crippen molar-refractivity contribution in [3.8, 4) is 23.3 Å². The molecule has 0 radical (unpaired) electrons. The van der Waals surface area contributed by atoms with Crippen molar-refractivity contribution in [3.05, 3.63) is 53.6 Å². The molecule has 1 fully saturated rings. The van der Waals surface area contributed by atoms with Crippen LogP contribution >= 0.6 is 0 Å². The second-order valence-corrected chi connectivity index (χ2v) is 6.28. The van der Waals surface area contributed by atoms with Crippen molar-refractivity contribution in [2.75, 3.05) is 27.4 Å². The smallest absolute Gasteiger partial charge is 0.261 e. The largest absolute Gasteiger partial charge is 0.497 e. The van der Waals surface area contributed by atoms with E-state index in [9.17, 15) is 4.79 Å². The van der Waals surface area contributed by atoms with Crippen LogP contribution in [0.1, 0.15) is 30.0 Å². The van der Waals surface area contributed by atoms with Gasteiger partial charge in [-0.3, -0.25) is 4.79 Å². The number of methoxy groups -OCH3 is 2. The Morgan fingerprint density at radius 2 is 1.89 bits per heavy atom. The summed E-state index contributed by atoms with van der Waals surface area (Å²) in [7, 11) is 3.25. The summed E-state index contributed by atoms with van der Waals surface area (Å²) in [5.41, 5.74) is 1.50. The molecule has 0 spiro atoms. The number of carbonyl (C=O) groups excluding carboxylic acids is 1. The first-order valence-electron chi connectivity index (χ1n) is 8.80. The summed E-state index contributed by atoms with van der Waals surface area (Å²) in [5.74, 6) is 1.97. The van der Waals surface area contributed by atoms with Gasteiger partial charge in [0.05, 0.1) is 31.9 Å². The van der Waals surface area contributed by atoms with Crippen LogP contribution in [0.4, 0.5) is 0 Å². The topological polar surface area (TPSA) is 71.8 Å². The normalized spacial score (nSPS) is 15.9. The highest BCUT2D eigenvalue weighted by atomic mass is 16.5. The van der Waals surface area contributed by atoms with Crippen molar-refractivity contribution in [1.82, 2.24) is 4.90 Å². The Bertz CT molecular complexity index is 842. The second-order valence-electron chi connectivity index (χ2n) is 6.28. The maximum Gasteiger partial charge on any atom is 0.261 e. The van der Waals surface area contributed by atoms with Crippen LogP contribution in [0, 0.1) is 11.3 Å². The molecule has 3 rings (SSSR count). The van der Waals surface area contributed by atoms with Crippen molar-refractivity contribution in [2.45, 2.75) is 18.9 Å². The van der Waals surface area contributed by atoms with Gasteiger partial charge in [-0.15, -0.1) is 0 Å². The van der Waals surface area contributed by atoms with E-state index in [-0.39, 0.29) is 18.6 Å². The fourth-order valence-electron chi connectivity index (χ4n) is 3.34. The van der Waals surface area contributed by atoms with Gasteiger partial charge in [-0.1, -0.05) is 0 Å². The van der Waals surface area contributed by atoms with E-state index in [0.29, 0.717) is 17.9 Å². The molecule has 0 aromatic heterocycles. The Morgan fingerprint density at radius 3 is 2.56 bits per heavy atom. The Kier molecular flexibility index (Phi) is 5.82. The number of nitriles is 1. The van der Waals surface area contributed by atoms with Crippen LogP contribution < -0.4 is 14.2 Å². The van der Waals surface area contributed by atoms with E-state index in [4.69, 9.17) is 19.5 Å². The minimum Gasteiger partial charge on any atom is -0.497 e. The molecule has 1 saturated heterocycles. The number of benzene rings is 2. The van der Waals surface area contributed by atoms with Crippen molar-refractivity contribution in [3.63, 3.8) is 0 Å². The molecule has 1 amide bonds. The highest BCUT2D eigenvalue weighted by molar-refractivity contribution is 5.78. The van der Waals surface area contributed by atoms with Gasteiger partial charge in [0.2, 0.25) is 0 Å².